The maximum Gasteiger partial charge on any atom is 0.416 e. The second-order valence-corrected chi connectivity index (χ2v) is 9.78. The molecular weight excluding hydrogens is 533 g/mol. The van der Waals surface area contributed by atoms with Crippen molar-refractivity contribution < 1.29 is 36.7 Å². The van der Waals surface area contributed by atoms with Crippen LogP contribution >= 0.6 is 0 Å². The van der Waals surface area contributed by atoms with Crippen molar-refractivity contribution in [3.05, 3.63) is 48.0 Å². The number of alkyl carbamates (subject to hydrolysis) is 1. The van der Waals surface area contributed by atoms with Crippen molar-refractivity contribution in [3.63, 3.8) is 0 Å². The molecule has 0 unspecified atom stereocenters. The van der Waals surface area contributed by atoms with Crippen molar-refractivity contribution in [1.82, 2.24) is 25.7 Å². The van der Waals surface area contributed by atoms with Crippen LogP contribution < -0.4 is 10.6 Å². The Labute approximate surface area is 228 Å². The van der Waals surface area contributed by atoms with Crippen molar-refractivity contribution in [2.45, 2.75) is 71.7 Å². The number of alkyl halides is 3. The molecule has 0 aliphatic rings. The van der Waals surface area contributed by atoms with E-state index in [4.69, 9.17) is 9.15 Å². The van der Waals surface area contributed by atoms with E-state index >= 15 is 0 Å². The zero-order valence-corrected chi connectivity index (χ0v) is 22.5. The molecule has 0 saturated carbocycles. The third-order valence-electron chi connectivity index (χ3n) is 6.40. The lowest BCUT2D eigenvalue weighted by Gasteiger charge is -2.30. The maximum atomic E-state index is 13.0. The number of ether oxygens (including phenoxy) is 1. The molecule has 0 radical (unpaired) electrons. The lowest BCUT2D eigenvalue weighted by Crippen LogP contribution is -2.46. The van der Waals surface area contributed by atoms with Crippen LogP contribution in [0.5, 0.6) is 0 Å². The highest BCUT2D eigenvalue weighted by atomic mass is 19.4. The van der Waals surface area contributed by atoms with Gasteiger partial charge in [0.2, 0.25) is 11.7 Å². The first-order valence-electron chi connectivity index (χ1n) is 12.7. The molecular formula is C26H31F3N6O5. The smallest absolute Gasteiger partial charge is 0.416 e. The molecule has 3 aromatic rings. The van der Waals surface area contributed by atoms with Gasteiger partial charge in [-0.3, -0.25) is 14.7 Å². The average molecular weight is 565 g/mol. The van der Waals surface area contributed by atoms with Gasteiger partial charge in [0, 0.05) is 17.0 Å². The molecule has 0 saturated heterocycles. The predicted octanol–water partition coefficient (Wildman–Crippen LogP) is 5.45. The standard InChI is InChI=1S/C26H31F3N6O5/c1-5-7-8-17(19(36)21(37)32-18-13-14-30-33-18)31-24(38)39-20(25(3,4)6-2)23-35-34-22(40-23)15-9-11-16(12-10-15)26(27,28)29/h9-14,17,20H,5-8H2,1-4H3,(H,31,38)(H2,30,32,33,37)/t17-,20-/m0/s1. The van der Waals surface area contributed by atoms with E-state index in [2.05, 4.69) is 31.0 Å². The number of nitrogens with zero attached hydrogens (tertiary/aromatic N) is 3. The number of unbranched alkanes of at least 4 members (excludes halogenated alkanes) is 1. The molecule has 2 heterocycles. The molecule has 0 spiro atoms. The lowest BCUT2D eigenvalue weighted by molar-refractivity contribution is -0.137. The third-order valence-corrected chi connectivity index (χ3v) is 6.40. The number of aromatic amines is 1. The number of carbonyl (C=O) groups excluding carboxylic acids is 3. The highest BCUT2D eigenvalue weighted by Gasteiger charge is 2.38. The Morgan fingerprint density at radius 3 is 2.35 bits per heavy atom. The Morgan fingerprint density at radius 1 is 1.07 bits per heavy atom. The van der Waals surface area contributed by atoms with Gasteiger partial charge >= 0.3 is 12.3 Å². The fourth-order valence-corrected chi connectivity index (χ4v) is 3.62. The molecule has 14 heteroatoms. The largest absolute Gasteiger partial charge is 0.436 e. The van der Waals surface area contributed by atoms with E-state index in [0.717, 1.165) is 12.1 Å². The number of aromatic nitrogens is 4. The predicted molar refractivity (Wildman–Crippen MR) is 137 cm³/mol. The highest BCUT2D eigenvalue weighted by molar-refractivity contribution is 6.42. The topological polar surface area (TPSA) is 152 Å². The van der Waals surface area contributed by atoms with Gasteiger partial charge in [-0.2, -0.15) is 18.3 Å². The Balaban J connectivity index is 1.77. The molecule has 40 heavy (non-hydrogen) atoms. The summed E-state index contributed by atoms with van der Waals surface area (Å²) in [6, 6.07) is 4.50. The lowest BCUT2D eigenvalue weighted by atomic mass is 9.83. The molecule has 2 amide bonds. The molecule has 1 aromatic carbocycles. The van der Waals surface area contributed by atoms with Crippen molar-refractivity contribution in [2.24, 2.45) is 5.41 Å². The van der Waals surface area contributed by atoms with Gasteiger partial charge in [0.15, 0.2) is 6.10 Å². The summed E-state index contributed by atoms with van der Waals surface area (Å²) in [5.74, 6) is -1.72. The van der Waals surface area contributed by atoms with Gasteiger partial charge in [-0.15, -0.1) is 10.2 Å². The number of rotatable bonds is 12. The summed E-state index contributed by atoms with van der Waals surface area (Å²) >= 11 is 0. The second-order valence-electron chi connectivity index (χ2n) is 9.78. The Kier molecular flexibility index (Phi) is 9.66. The van der Waals surface area contributed by atoms with E-state index in [0.29, 0.717) is 19.3 Å². The molecule has 0 fully saturated rings. The van der Waals surface area contributed by atoms with Crippen molar-refractivity contribution in [3.8, 4) is 11.5 Å². The number of anilines is 1. The molecule has 3 N–H and O–H groups in total. The van der Waals surface area contributed by atoms with E-state index < -0.39 is 47.1 Å². The van der Waals surface area contributed by atoms with Gasteiger partial charge in [0.25, 0.3) is 11.8 Å². The molecule has 11 nitrogen and oxygen atoms in total. The van der Waals surface area contributed by atoms with Crippen LogP contribution in [0.3, 0.4) is 0 Å². The van der Waals surface area contributed by atoms with Crippen LogP contribution in [-0.2, 0) is 20.5 Å². The van der Waals surface area contributed by atoms with Gasteiger partial charge in [-0.25, -0.2) is 4.79 Å². The summed E-state index contributed by atoms with van der Waals surface area (Å²) < 4.78 is 50.1. The van der Waals surface area contributed by atoms with Crippen LogP contribution in [0.25, 0.3) is 11.5 Å². The van der Waals surface area contributed by atoms with Gasteiger partial charge < -0.3 is 19.8 Å². The maximum absolute atomic E-state index is 13.0. The van der Waals surface area contributed by atoms with E-state index in [1.165, 1.54) is 24.4 Å². The van der Waals surface area contributed by atoms with Crippen molar-refractivity contribution >= 4 is 23.6 Å². The molecule has 3 rings (SSSR count). The first-order valence-corrected chi connectivity index (χ1v) is 12.7. The fourth-order valence-electron chi connectivity index (χ4n) is 3.62. The third kappa shape index (κ3) is 7.67. The molecule has 2 atom stereocenters. The van der Waals surface area contributed by atoms with Crippen LogP contribution in [0.1, 0.15) is 70.9 Å². The Morgan fingerprint density at radius 2 is 1.77 bits per heavy atom. The first-order chi connectivity index (χ1) is 18.9. The zero-order chi connectivity index (χ0) is 29.5. The summed E-state index contributed by atoms with van der Waals surface area (Å²) in [5.41, 5.74) is -1.30. The number of Topliss-reactive ketones (excluding diaryl/α,β-unsaturated/α-hetero) is 1. The minimum absolute atomic E-state index is 0.0592. The molecule has 2 aromatic heterocycles. The Hall–Kier alpha value is -4.23. The number of hydrogen-bond acceptors (Lipinski definition) is 8. The van der Waals surface area contributed by atoms with E-state index in [-0.39, 0.29) is 29.6 Å². The number of amides is 2. The molecule has 216 valence electrons. The zero-order valence-electron chi connectivity index (χ0n) is 22.5. The minimum Gasteiger partial charge on any atom is -0.436 e. The average Bonchev–Trinajstić information content (AvgIpc) is 3.61. The van der Waals surface area contributed by atoms with Gasteiger partial charge in [-0.05, 0) is 37.1 Å². The van der Waals surface area contributed by atoms with Crippen LogP contribution in [0.2, 0.25) is 0 Å². The summed E-state index contributed by atoms with van der Waals surface area (Å²) in [7, 11) is 0. The summed E-state index contributed by atoms with van der Waals surface area (Å²) in [5, 5.41) is 19.0. The monoisotopic (exact) mass is 564 g/mol. The number of nitrogens with one attached hydrogen (secondary N) is 3. The second kappa shape index (κ2) is 12.7. The number of ketones is 1. The number of halogens is 3. The number of benzene rings is 1. The van der Waals surface area contributed by atoms with Crippen molar-refractivity contribution in [2.75, 3.05) is 5.32 Å². The van der Waals surface area contributed by atoms with Crippen LogP contribution in [-0.4, -0.2) is 44.2 Å². The number of carbonyl (C=O) groups is 3. The van der Waals surface area contributed by atoms with Crippen molar-refractivity contribution in [1.29, 1.82) is 0 Å². The van der Waals surface area contributed by atoms with Crippen LogP contribution in [0.15, 0.2) is 40.9 Å². The van der Waals surface area contributed by atoms with E-state index in [1.807, 2.05) is 13.8 Å². The first kappa shape index (κ1) is 30.3. The fraction of sp³-hybridized carbons (Fsp3) is 0.462. The molecule has 0 bridgehead atoms. The Bertz CT molecular complexity index is 1290. The van der Waals surface area contributed by atoms with Gasteiger partial charge in [0.05, 0.1) is 11.8 Å². The summed E-state index contributed by atoms with van der Waals surface area (Å²) in [6.45, 7) is 7.35. The van der Waals surface area contributed by atoms with Crippen LogP contribution in [0.4, 0.5) is 23.8 Å². The summed E-state index contributed by atoms with van der Waals surface area (Å²) in [4.78, 5) is 38.3. The number of hydrogen-bond donors (Lipinski definition) is 3. The normalized spacial score (nSPS) is 13.4. The highest BCUT2D eigenvalue weighted by Crippen LogP contribution is 2.40. The number of H-pyrrole nitrogens is 1. The van der Waals surface area contributed by atoms with E-state index in [9.17, 15) is 27.6 Å². The minimum atomic E-state index is -4.49. The quantitative estimate of drug-likeness (QED) is 0.246. The SMILES string of the molecule is CCCC[C@H](NC(=O)O[C@@H](c1nnc(-c2ccc(C(F)(F)F)cc2)o1)C(C)(C)CC)C(=O)C(=O)Nc1ccn[nH]1. The van der Waals surface area contributed by atoms with Crippen LogP contribution in [0, 0.1) is 5.41 Å². The van der Waals surface area contributed by atoms with E-state index in [1.54, 1.807) is 13.8 Å². The van der Waals surface area contributed by atoms with Gasteiger partial charge in [0.1, 0.15) is 11.9 Å². The molecule has 0 aliphatic carbocycles. The van der Waals surface area contributed by atoms with Gasteiger partial charge in [-0.1, -0.05) is 40.5 Å². The summed E-state index contributed by atoms with van der Waals surface area (Å²) in [6.07, 6.45) is -3.18. The molecule has 0 aliphatic heterocycles.